The Morgan fingerprint density at radius 1 is 1.19 bits per heavy atom. The fraction of sp³-hybridized carbons (Fsp3) is 0.542. The molecule has 1 atom stereocenters. The van der Waals surface area contributed by atoms with Crippen LogP contribution in [0, 0.1) is 0 Å². The number of rotatable bonds is 12. The quantitative estimate of drug-likeness (QED) is 0.254. The highest BCUT2D eigenvalue weighted by molar-refractivity contribution is 5.96. The van der Waals surface area contributed by atoms with Crippen molar-refractivity contribution in [1.29, 1.82) is 0 Å². The maximum Gasteiger partial charge on any atom is 0.410 e. The van der Waals surface area contributed by atoms with E-state index in [-0.39, 0.29) is 24.2 Å². The molecule has 0 unspecified atom stereocenters. The highest BCUT2D eigenvalue weighted by atomic mass is 19.3. The summed E-state index contributed by atoms with van der Waals surface area (Å²) in [6.07, 6.45) is 5.32. The van der Waals surface area contributed by atoms with E-state index in [2.05, 4.69) is 0 Å². The van der Waals surface area contributed by atoms with Gasteiger partial charge in [0.1, 0.15) is 0 Å². The van der Waals surface area contributed by atoms with Crippen molar-refractivity contribution in [2.24, 2.45) is 0 Å². The van der Waals surface area contributed by atoms with Crippen LogP contribution in [0.1, 0.15) is 57.9 Å². The maximum absolute atomic E-state index is 14.4. The number of ether oxygens (including phenoxy) is 2. The van der Waals surface area contributed by atoms with Crippen LogP contribution in [0.3, 0.4) is 0 Å². The highest BCUT2D eigenvalue weighted by Gasteiger charge is 2.39. The number of halogens is 2. The number of esters is 1. The van der Waals surface area contributed by atoms with Crippen molar-refractivity contribution in [2.75, 3.05) is 13.2 Å². The second-order valence-electron chi connectivity index (χ2n) is 8.03. The van der Waals surface area contributed by atoms with Gasteiger partial charge in [0.05, 0.1) is 18.8 Å². The molecule has 0 saturated carbocycles. The van der Waals surface area contributed by atoms with Crippen LogP contribution in [0.4, 0.5) is 13.6 Å². The number of allylic oxidation sites excluding steroid dienone is 1. The Labute approximate surface area is 187 Å². The fourth-order valence-corrected chi connectivity index (χ4v) is 3.42. The zero-order valence-electron chi connectivity index (χ0n) is 18.6. The number of nitrogens with zero attached hydrogens (tertiary/aromatic N) is 1. The van der Waals surface area contributed by atoms with Crippen molar-refractivity contribution in [3.63, 3.8) is 0 Å². The molecule has 8 heteroatoms. The van der Waals surface area contributed by atoms with Gasteiger partial charge in [-0.05, 0) is 32.8 Å². The topological polar surface area (TPSA) is 72.9 Å². The molecule has 1 saturated heterocycles. The number of alkyl halides is 2. The van der Waals surface area contributed by atoms with Gasteiger partial charge >= 0.3 is 18.0 Å². The monoisotopic (exact) mass is 451 g/mol. The number of carbonyl (C=O) groups excluding carboxylic acids is 3. The average molecular weight is 452 g/mol. The van der Waals surface area contributed by atoms with Crippen molar-refractivity contribution in [3.05, 3.63) is 48.0 Å². The summed E-state index contributed by atoms with van der Waals surface area (Å²) in [5.41, 5.74) is -0.369. The van der Waals surface area contributed by atoms with E-state index in [0.29, 0.717) is 32.2 Å². The van der Waals surface area contributed by atoms with Crippen LogP contribution in [0.25, 0.3) is 0 Å². The van der Waals surface area contributed by atoms with Crippen molar-refractivity contribution in [3.8, 4) is 0 Å². The second kappa shape index (κ2) is 12.3. The predicted octanol–water partition coefficient (Wildman–Crippen LogP) is 5.02. The Hall–Kier alpha value is -2.77. The fourth-order valence-electron chi connectivity index (χ4n) is 3.42. The van der Waals surface area contributed by atoms with E-state index < -0.39 is 23.8 Å². The Kier molecular flexibility index (Phi) is 9.81. The van der Waals surface area contributed by atoms with Gasteiger partial charge in [-0.2, -0.15) is 8.78 Å². The van der Waals surface area contributed by atoms with Gasteiger partial charge in [0.2, 0.25) is 5.78 Å². The van der Waals surface area contributed by atoms with Crippen LogP contribution in [0.5, 0.6) is 0 Å². The smallest absolute Gasteiger partial charge is 0.410 e. The number of hydrogen-bond donors (Lipinski definition) is 0. The lowest BCUT2D eigenvalue weighted by Gasteiger charge is -2.33. The highest BCUT2D eigenvalue weighted by Crippen LogP contribution is 2.29. The average Bonchev–Trinajstić information content (AvgIpc) is 2.75. The number of carbonyl (C=O) groups is 3. The lowest BCUT2D eigenvalue weighted by Crippen LogP contribution is -2.45. The Bertz CT molecular complexity index is 795. The maximum atomic E-state index is 14.4. The third-order valence-electron chi connectivity index (χ3n) is 5.09. The lowest BCUT2D eigenvalue weighted by molar-refractivity contribution is -0.147. The summed E-state index contributed by atoms with van der Waals surface area (Å²) in [6.45, 7) is 4.16. The van der Waals surface area contributed by atoms with Crippen molar-refractivity contribution >= 4 is 17.8 Å². The molecule has 6 nitrogen and oxygen atoms in total. The number of cyclic esters (lactones) is 1. The van der Waals surface area contributed by atoms with Crippen LogP contribution in [0.15, 0.2) is 42.5 Å². The van der Waals surface area contributed by atoms with Gasteiger partial charge in [-0.15, -0.1) is 0 Å². The van der Waals surface area contributed by atoms with Crippen LogP contribution >= 0.6 is 0 Å². The van der Waals surface area contributed by atoms with Crippen LogP contribution in [-0.2, 0) is 25.0 Å². The first kappa shape index (κ1) is 25.5. The van der Waals surface area contributed by atoms with E-state index >= 15 is 0 Å². The zero-order chi connectivity index (χ0) is 23.6. The first-order valence-corrected chi connectivity index (χ1v) is 11.0. The minimum atomic E-state index is -3.63. The molecule has 0 bridgehead atoms. The lowest BCUT2D eigenvalue weighted by atomic mass is 10.0. The molecule has 1 aromatic rings. The molecule has 0 aromatic heterocycles. The van der Waals surface area contributed by atoms with Gasteiger partial charge in [-0.1, -0.05) is 49.2 Å². The summed E-state index contributed by atoms with van der Waals surface area (Å²) in [5.74, 6) is -5.17. The van der Waals surface area contributed by atoms with Crippen LogP contribution in [-0.4, -0.2) is 48.0 Å². The molecule has 1 heterocycles. The first-order valence-electron chi connectivity index (χ1n) is 11.0. The minimum absolute atomic E-state index is 0.128. The number of unbranched alkanes of at least 4 members (excludes halogenated alkanes) is 3. The molecule has 0 radical (unpaired) electrons. The van der Waals surface area contributed by atoms with Crippen LogP contribution in [0.2, 0.25) is 0 Å². The SMILES string of the molecule is CC(C)OC(=O)CCCCCCN1C(=O)OCC[C@@H]1/C=C/C(=O)C(F)(F)c1ccccc1. The molecule has 1 fully saturated rings. The first-order chi connectivity index (χ1) is 15.2. The number of amides is 1. The summed E-state index contributed by atoms with van der Waals surface area (Å²) in [7, 11) is 0. The molecular weight excluding hydrogens is 420 g/mol. The largest absolute Gasteiger partial charge is 0.463 e. The molecule has 1 aromatic carbocycles. The third-order valence-corrected chi connectivity index (χ3v) is 5.09. The van der Waals surface area contributed by atoms with Gasteiger partial charge in [-0.25, -0.2) is 4.79 Å². The van der Waals surface area contributed by atoms with E-state index in [0.717, 1.165) is 18.9 Å². The summed E-state index contributed by atoms with van der Waals surface area (Å²) < 4.78 is 38.9. The summed E-state index contributed by atoms with van der Waals surface area (Å²) >= 11 is 0. The molecule has 2 rings (SSSR count). The standard InChI is InChI=1S/C24H31F2NO5/c1-18(2)32-22(29)12-8-3-4-9-16-27-20(15-17-31-23(27)30)13-14-21(28)24(25,26)19-10-6-5-7-11-19/h5-7,10-11,13-14,18,20H,3-4,8-9,12,15-17H2,1-2H3/b14-13+/t20-/m0/s1. The van der Waals surface area contributed by atoms with Gasteiger partial charge < -0.3 is 14.4 Å². The van der Waals surface area contributed by atoms with Crippen molar-refractivity contribution < 1.29 is 32.6 Å². The third kappa shape index (κ3) is 7.73. The van der Waals surface area contributed by atoms with E-state index in [1.54, 1.807) is 19.9 Å². The summed E-state index contributed by atoms with van der Waals surface area (Å²) in [5, 5.41) is 0. The summed E-state index contributed by atoms with van der Waals surface area (Å²) in [4.78, 5) is 37.3. The second-order valence-corrected chi connectivity index (χ2v) is 8.03. The molecule has 0 N–H and O–H groups in total. The normalized spacial score (nSPS) is 17.0. The van der Waals surface area contributed by atoms with Gasteiger partial charge in [0, 0.05) is 24.9 Å². The van der Waals surface area contributed by atoms with Crippen LogP contribution < -0.4 is 0 Å². The van der Waals surface area contributed by atoms with E-state index in [4.69, 9.17) is 9.47 Å². The minimum Gasteiger partial charge on any atom is -0.463 e. The molecule has 176 valence electrons. The predicted molar refractivity (Wildman–Crippen MR) is 115 cm³/mol. The molecule has 0 aliphatic carbocycles. The zero-order valence-corrected chi connectivity index (χ0v) is 18.6. The molecular formula is C24H31F2NO5. The molecule has 32 heavy (non-hydrogen) atoms. The van der Waals surface area contributed by atoms with Gasteiger partial charge in [0.15, 0.2) is 0 Å². The number of ketones is 1. The Balaban J connectivity index is 1.84. The van der Waals surface area contributed by atoms with Crippen molar-refractivity contribution in [2.45, 2.75) is 70.4 Å². The van der Waals surface area contributed by atoms with E-state index in [1.165, 1.54) is 35.2 Å². The Morgan fingerprint density at radius 3 is 2.56 bits per heavy atom. The summed E-state index contributed by atoms with van der Waals surface area (Å²) in [6, 6.07) is 6.44. The molecule has 1 aliphatic heterocycles. The number of hydrogen-bond acceptors (Lipinski definition) is 5. The molecule has 1 aliphatic rings. The van der Waals surface area contributed by atoms with E-state index in [1.807, 2.05) is 0 Å². The van der Waals surface area contributed by atoms with E-state index in [9.17, 15) is 23.2 Å². The van der Waals surface area contributed by atoms with Gasteiger partial charge in [0.25, 0.3) is 0 Å². The molecule has 1 amide bonds. The number of benzene rings is 1. The molecule has 0 spiro atoms. The van der Waals surface area contributed by atoms with Gasteiger partial charge in [-0.3, -0.25) is 9.59 Å². The Morgan fingerprint density at radius 2 is 1.88 bits per heavy atom. The van der Waals surface area contributed by atoms with Crippen molar-refractivity contribution in [1.82, 2.24) is 4.90 Å².